The zero-order valence-electron chi connectivity index (χ0n) is 12.7. The van der Waals surface area contributed by atoms with Crippen LogP contribution < -0.4 is 4.90 Å². The lowest BCUT2D eigenvalue weighted by Gasteiger charge is -2.18. The summed E-state index contributed by atoms with van der Waals surface area (Å²) in [5.74, 6) is -0.0294. The maximum atomic E-state index is 12.1. The minimum Gasteiger partial charge on any atom is -0.459 e. The number of ether oxygens (including phenoxy) is 1. The lowest BCUT2D eigenvalue weighted by Crippen LogP contribution is -2.20. The number of anilines is 1. The number of carbonyl (C=O) groups excluding carboxylic acids is 1. The molecule has 1 aromatic carbocycles. The Morgan fingerprint density at radius 3 is 2.64 bits per heavy atom. The van der Waals surface area contributed by atoms with Gasteiger partial charge in [0.2, 0.25) is 0 Å². The summed E-state index contributed by atoms with van der Waals surface area (Å²) >= 11 is 0. The molecule has 0 amide bonds. The van der Waals surface area contributed by atoms with E-state index in [0.29, 0.717) is 11.6 Å². The van der Waals surface area contributed by atoms with Crippen LogP contribution >= 0.6 is 0 Å². The molecule has 1 heterocycles. The van der Waals surface area contributed by atoms with Crippen molar-refractivity contribution in [1.82, 2.24) is 0 Å². The third-order valence-electron chi connectivity index (χ3n) is 4.43. The Kier molecular flexibility index (Phi) is 4.00. The summed E-state index contributed by atoms with van der Waals surface area (Å²) in [7, 11) is 0. The average molecular weight is 304 g/mol. The van der Waals surface area contributed by atoms with Crippen LogP contribution in [0.25, 0.3) is 0 Å². The third-order valence-corrected chi connectivity index (χ3v) is 4.43. The highest BCUT2D eigenvalue weighted by Gasteiger charge is 2.31. The molecule has 0 spiro atoms. The molecule has 0 radical (unpaired) electrons. The summed E-state index contributed by atoms with van der Waals surface area (Å²) in [4.78, 5) is 25.0. The van der Waals surface area contributed by atoms with Gasteiger partial charge in [0.1, 0.15) is 11.8 Å². The monoisotopic (exact) mass is 304 g/mol. The largest absolute Gasteiger partial charge is 0.459 e. The van der Waals surface area contributed by atoms with Crippen molar-refractivity contribution in [3.63, 3.8) is 0 Å². The molecule has 0 unspecified atom stereocenters. The summed E-state index contributed by atoms with van der Waals surface area (Å²) in [6.07, 6.45) is 4.13. The van der Waals surface area contributed by atoms with E-state index in [1.165, 1.54) is 6.07 Å². The minimum absolute atomic E-state index is 0.0181. The van der Waals surface area contributed by atoms with Crippen LogP contribution in [0.3, 0.4) is 0 Å². The lowest BCUT2D eigenvalue weighted by atomic mass is 10.1. The van der Waals surface area contributed by atoms with Gasteiger partial charge in [-0.15, -0.1) is 0 Å². The first kappa shape index (κ1) is 14.8. The van der Waals surface area contributed by atoms with Crippen LogP contribution in [0.4, 0.5) is 11.4 Å². The van der Waals surface area contributed by atoms with Gasteiger partial charge in [-0.25, -0.2) is 4.79 Å². The Balaban J connectivity index is 1.81. The van der Waals surface area contributed by atoms with Crippen molar-refractivity contribution < 1.29 is 14.5 Å². The highest BCUT2D eigenvalue weighted by Crippen LogP contribution is 2.35. The lowest BCUT2D eigenvalue weighted by molar-refractivity contribution is -0.384. The second kappa shape index (κ2) is 5.94. The molecular formula is C16H20N2O4. The highest BCUT2D eigenvalue weighted by molar-refractivity contribution is 5.91. The average Bonchev–Trinajstić information content (AvgIpc) is 3.22. The van der Waals surface area contributed by atoms with Gasteiger partial charge in [0.05, 0.1) is 10.5 Å². The normalized spacial score (nSPS) is 19.0. The molecule has 1 atom stereocenters. The Bertz CT molecular complexity index is 592. The Labute approximate surface area is 129 Å². The molecule has 6 nitrogen and oxygen atoms in total. The Morgan fingerprint density at radius 1 is 1.36 bits per heavy atom. The number of nitro benzene ring substituents is 1. The minimum atomic E-state index is -0.476. The van der Waals surface area contributed by atoms with Gasteiger partial charge in [0, 0.05) is 19.2 Å². The molecule has 2 aliphatic rings. The molecule has 2 fully saturated rings. The van der Waals surface area contributed by atoms with Crippen molar-refractivity contribution in [2.45, 2.75) is 38.7 Å². The molecule has 1 aliphatic carbocycles. The molecule has 22 heavy (non-hydrogen) atoms. The molecule has 118 valence electrons. The second-order valence-electron chi connectivity index (χ2n) is 6.10. The third kappa shape index (κ3) is 3.05. The number of carbonyl (C=O) groups is 1. The molecule has 0 aromatic heterocycles. The zero-order chi connectivity index (χ0) is 15.7. The van der Waals surface area contributed by atoms with Crippen molar-refractivity contribution in [3.8, 4) is 0 Å². The topological polar surface area (TPSA) is 72.7 Å². The van der Waals surface area contributed by atoms with Crippen LogP contribution in [0, 0.1) is 16.0 Å². The van der Waals surface area contributed by atoms with Crippen LogP contribution in [-0.2, 0) is 4.74 Å². The summed E-state index contributed by atoms with van der Waals surface area (Å²) < 4.78 is 5.39. The van der Waals surface area contributed by atoms with E-state index in [2.05, 4.69) is 0 Å². The van der Waals surface area contributed by atoms with Gasteiger partial charge < -0.3 is 9.64 Å². The van der Waals surface area contributed by atoms with E-state index < -0.39 is 10.9 Å². The van der Waals surface area contributed by atoms with E-state index in [4.69, 9.17) is 4.74 Å². The van der Waals surface area contributed by atoms with Crippen LogP contribution in [0.1, 0.15) is 43.0 Å². The predicted molar refractivity (Wildman–Crippen MR) is 82.1 cm³/mol. The Hall–Kier alpha value is -2.11. The zero-order valence-corrected chi connectivity index (χ0v) is 12.7. The molecule has 6 heteroatoms. The van der Waals surface area contributed by atoms with E-state index in [1.807, 2.05) is 11.8 Å². The molecule has 1 saturated heterocycles. The number of hydrogen-bond donors (Lipinski definition) is 0. The van der Waals surface area contributed by atoms with E-state index in [1.54, 1.807) is 12.1 Å². The van der Waals surface area contributed by atoms with Crippen molar-refractivity contribution in [2.24, 2.45) is 5.92 Å². The van der Waals surface area contributed by atoms with Crippen molar-refractivity contribution in [1.29, 1.82) is 0 Å². The number of nitro groups is 1. The van der Waals surface area contributed by atoms with Gasteiger partial charge in [-0.2, -0.15) is 0 Å². The van der Waals surface area contributed by atoms with Crippen molar-refractivity contribution in [2.75, 3.05) is 18.0 Å². The fraction of sp³-hybridized carbons (Fsp3) is 0.562. The summed E-state index contributed by atoms with van der Waals surface area (Å²) in [5, 5.41) is 11.3. The summed E-state index contributed by atoms with van der Waals surface area (Å²) in [6, 6.07) is 4.64. The molecule has 3 rings (SSSR count). The van der Waals surface area contributed by atoms with Gasteiger partial charge in [-0.1, -0.05) is 0 Å². The summed E-state index contributed by atoms with van der Waals surface area (Å²) in [5.41, 5.74) is 0.826. The van der Waals surface area contributed by atoms with Crippen LogP contribution in [0.2, 0.25) is 0 Å². The quantitative estimate of drug-likeness (QED) is 0.474. The maximum Gasteiger partial charge on any atom is 0.338 e. The standard InChI is InChI=1S/C16H20N2O4/c1-11(12-4-5-12)22-16(19)13-6-7-14(15(10-13)18(20)21)17-8-2-3-9-17/h6-7,10-12H,2-5,8-9H2,1H3/t11-/m0/s1. The van der Waals surface area contributed by atoms with Gasteiger partial charge in [-0.05, 0) is 50.7 Å². The predicted octanol–water partition coefficient (Wildman–Crippen LogP) is 3.15. The van der Waals surface area contributed by atoms with Gasteiger partial charge in [0.15, 0.2) is 0 Å². The first-order valence-corrected chi connectivity index (χ1v) is 7.80. The number of benzene rings is 1. The van der Waals surface area contributed by atoms with Crippen LogP contribution in [0.15, 0.2) is 18.2 Å². The molecular weight excluding hydrogens is 284 g/mol. The van der Waals surface area contributed by atoms with E-state index >= 15 is 0 Å². The fourth-order valence-electron chi connectivity index (χ4n) is 2.92. The molecule has 1 saturated carbocycles. The molecule has 0 N–H and O–H groups in total. The van der Waals surface area contributed by atoms with Gasteiger partial charge in [-0.3, -0.25) is 10.1 Å². The first-order valence-electron chi connectivity index (χ1n) is 7.80. The van der Waals surface area contributed by atoms with E-state index in [0.717, 1.165) is 38.8 Å². The van der Waals surface area contributed by atoms with Gasteiger partial charge in [0.25, 0.3) is 5.69 Å². The van der Waals surface area contributed by atoms with E-state index in [9.17, 15) is 14.9 Å². The number of rotatable bonds is 5. The van der Waals surface area contributed by atoms with Crippen LogP contribution in [0.5, 0.6) is 0 Å². The number of nitrogens with zero attached hydrogens (tertiary/aromatic N) is 2. The van der Waals surface area contributed by atoms with Crippen molar-refractivity contribution >= 4 is 17.3 Å². The van der Waals surface area contributed by atoms with E-state index in [-0.39, 0.29) is 17.4 Å². The first-order chi connectivity index (χ1) is 10.6. The second-order valence-corrected chi connectivity index (χ2v) is 6.10. The van der Waals surface area contributed by atoms with Crippen LogP contribution in [-0.4, -0.2) is 30.1 Å². The molecule has 1 aliphatic heterocycles. The Morgan fingerprint density at radius 2 is 2.05 bits per heavy atom. The molecule has 0 bridgehead atoms. The SMILES string of the molecule is C[C@H](OC(=O)c1ccc(N2CCCC2)c([N+](=O)[O-])c1)C1CC1. The summed E-state index contributed by atoms with van der Waals surface area (Å²) in [6.45, 7) is 3.52. The fourth-order valence-corrected chi connectivity index (χ4v) is 2.92. The van der Waals surface area contributed by atoms with Crippen molar-refractivity contribution in [3.05, 3.63) is 33.9 Å². The molecule has 1 aromatic rings. The maximum absolute atomic E-state index is 12.1. The smallest absolute Gasteiger partial charge is 0.338 e. The number of hydrogen-bond acceptors (Lipinski definition) is 5. The number of esters is 1. The highest BCUT2D eigenvalue weighted by atomic mass is 16.6. The van der Waals surface area contributed by atoms with Gasteiger partial charge >= 0.3 is 5.97 Å².